The lowest BCUT2D eigenvalue weighted by Crippen LogP contribution is -2.36. The Kier molecular flexibility index (Phi) is 6.37. The SMILES string of the molecule is CB(O)c1cc2c(cc1C(F)F)N(c1nn(C3CCOCC3)c3c1CN(C(C)=O)CC3)CCC2. The van der Waals surface area contributed by atoms with E-state index in [1.165, 1.54) is 12.9 Å². The minimum atomic E-state index is -2.68. The van der Waals surface area contributed by atoms with Gasteiger partial charge >= 0.3 is 6.92 Å². The van der Waals surface area contributed by atoms with Crippen LogP contribution >= 0.6 is 0 Å². The summed E-state index contributed by atoms with van der Waals surface area (Å²) >= 11 is 0. The monoisotopic (exact) mass is 472 g/mol. The Morgan fingerprint density at radius 1 is 1.24 bits per heavy atom. The van der Waals surface area contributed by atoms with E-state index < -0.39 is 13.3 Å². The van der Waals surface area contributed by atoms with Crippen LogP contribution < -0.4 is 10.4 Å². The average Bonchev–Trinajstić information content (AvgIpc) is 3.22. The topological polar surface area (TPSA) is 70.8 Å². The van der Waals surface area contributed by atoms with Crippen molar-refractivity contribution in [1.29, 1.82) is 0 Å². The summed E-state index contributed by atoms with van der Waals surface area (Å²) in [7, 11) is 0. The number of nitrogens with zero attached hydrogens (tertiary/aromatic N) is 4. The number of halogens is 2. The number of aryl methyl sites for hydroxylation is 1. The van der Waals surface area contributed by atoms with Gasteiger partial charge in [0.2, 0.25) is 5.91 Å². The summed E-state index contributed by atoms with van der Waals surface area (Å²) in [6, 6.07) is 3.50. The van der Waals surface area contributed by atoms with Crippen molar-refractivity contribution in [2.75, 3.05) is 31.2 Å². The summed E-state index contributed by atoms with van der Waals surface area (Å²) in [6.07, 6.45) is 1.43. The lowest BCUT2D eigenvalue weighted by Gasteiger charge is -2.33. The van der Waals surface area contributed by atoms with Crippen LogP contribution in [0.4, 0.5) is 20.3 Å². The zero-order valence-electron chi connectivity index (χ0n) is 19.8. The van der Waals surface area contributed by atoms with Gasteiger partial charge in [0.05, 0.1) is 12.6 Å². The fourth-order valence-electron chi connectivity index (χ4n) is 5.58. The van der Waals surface area contributed by atoms with Gasteiger partial charge in [-0.15, -0.1) is 0 Å². The number of carbonyl (C=O) groups excluding carboxylic acids is 1. The van der Waals surface area contributed by atoms with E-state index in [-0.39, 0.29) is 23.0 Å². The average molecular weight is 472 g/mol. The Balaban J connectivity index is 1.62. The van der Waals surface area contributed by atoms with Gasteiger partial charge in [-0.25, -0.2) is 8.78 Å². The molecule has 1 aromatic carbocycles. The van der Waals surface area contributed by atoms with E-state index in [9.17, 15) is 18.6 Å². The van der Waals surface area contributed by atoms with Crippen LogP contribution in [0, 0.1) is 0 Å². The highest BCUT2D eigenvalue weighted by Gasteiger charge is 2.34. The van der Waals surface area contributed by atoms with Gasteiger partial charge in [0.1, 0.15) is 0 Å². The highest BCUT2D eigenvalue weighted by atomic mass is 19.3. The van der Waals surface area contributed by atoms with E-state index in [0.717, 1.165) is 60.4 Å². The molecule has 4 heterocycles. The van der Waals surface area contributed by atoms with E-state index in [1.54, 1.807) is 13.0 Å². The molecule has 182 valence electrons. The number of benzene rings is 1. The number of anilines is 2. The van der Waals surface area contributed by atoms with Gasteiger partial charge < -0.3 is 19.6 Å². The third kappa shape index (κ3) is 4.11. The molecule has 1 saturated heterocycles. The molecule has 0 unspecified atom stereocenters. The molecular formula is C24H31BF2N4O3. The highest BCUT2D eigenvalue weighted by Crippen LogP contribution is 2.40. The van der Waals surface area contributed by atoms with Gasteiger partial charge in [0.25, 0.3) is 6.43 Å². The van der Waals surface area contributed by atoms with Crippen molar-refractivity contribution >= 4 is 29.8 Å². The van der Waals surface area contributed by atoms with E-state index in [2.05, 4.69) is 9.58 Å². The largest absolute Gasteiger partial charge is 0.446 e. The number of hydrogen-bond acceptors (Lipinski definition) is 5. The zero-order chi connectivity index (χ0) is 24.0. The van der Waals surface area contributed by atoms with Crippen molar-refractivity contribution < 1.29 is 23.3 Å². The number of rotatable bonds is 4. The molecule has 0 bridgehead atoms. The molecule has 7 nitrogen and oxygen atoms in total. The number of carbonyl (C=O) groups is 1. The molecular weight excluding hydrogens is 441 g/mol. The van der Waals surface area contributed by atoms with Gasteiger partial charge in [0.15, 0.2) is 5.82 Å². The minimum absolute atomic E-state index is 0.0241. The zero-order valence-corrected chi connectivity index (χ0v) is 19.8. The molecule has 0 spiro atoms. The molecule has 1 N–H and O–H groups in total. The van der Waals surface area contributed by atoms with E-state index in [0.29, 0.717) is 32.8 Å². The molecule has 1 aromatic heterocycles. The quantitative estimate of drug-likeness (QED) is 0.694. The Labute approximate surface area is 198 Å². The number of ether oxygens (including phenoxy) is 1. The lowest BCUT2D eigenvalue weighted by atomic mass is 9.62. The smallest absolute Gasteiger partial charge is 0.320 e. The predicted octanol–water partition coefficient (Wildman–Crippen LogP) is 2.98. The number of alkyl halides is 2. The summed E-state index contributed by atoms with van der Waals surface area (Å²) in [5, 5.41) is 15.2. The maximum atomic E-state index is 13.9. The highest BCUT2D eigenvalue weighted by molar-refractivity contribution is 6.65. The van der Waals surface area contributed by atoms with Crippen molar-refractivity contribution in [2.45, 2.75) is 64.9 Å². The summed E-state index contributed by atoms with van der Waals surface area (Å²) < 4.78 is 35.6. The Hall–Kier alpha value is -2.46. The second-order valence-electron chi connectivity index (χ2n) is 9.57. The first kappa shape index (κ1) is 23.3. The van der Waals surface area contributed by atoms with Crippen molar-refractivity contribution in [1.82, 2.24) is 14.7 Å². The fraction of sp³-hybridized carbons (Fsp3) is 0.583. The molecule has 3 aliphatic rings. The van der Waals surface area contributed by atoms with Crippen LogP contribution in [0.1, 0.15) is 61.0 Å². The number of aromatic nitrogens is 2. The maximum absolute atomic E-state index is 13.9. The Bertz CT molecular complexity index is 1080. The van der Waals surface area contributed by atoms with Crippen molar-refractivity contribution in [2.24, 2.45) is 0 Å². The second kappa shape index (κ2) is 9.30. The first-order chi connectivity index (χ1) is 16.3. The third-order valence-electron chi connectivity index (χ3n) is 7.39. The summed E-state index contributed by atoms with van der Waals surface area (Å²) in [5.41, 5.74) is 3.97. The number of hydrogen-bond donors (Lipinski definition) is 1. The predicted molar refractivity (Wildman–Crippen MR) is 126 cm³/mol. The van der Waals surface area contributed by atoms with Crippen molar-refractivity contribution in [3.8, 4) is 0 Å². The van der Waals surface area contributed by atoms with Gasteiger partial charge in [-0.2, -0.15) is 5.10 Å². The maximum Gasteiger partial charge on any atom is 0.320 e. The fourth-order valence-corrected chi connectivity index (χ4v) is 5.58. The van der Waals surface area contributed by atoms with Crippen LogP contribution in [0.5, 0.6) is 0 Å². The number of amides is 1. The van der Waals surface area contributed by atoms with Crippen LogP contribution in [-0.2, 0) is 28.9 Å². The molecule has 0 saturated carbocycles. The molecule has 5 rings (SSSR count). The van der Waals surface area contributed by atoms with Crippen LogP contribution in [-0.4, -0.2) is 58.8 Å². The third-order valence-corrected chi connectivity index (χ3v) is 7.39. The molecule has 0 radical (unpaired) electrons. The van der Waals surface area contributed by atoms with Crippen molar-refractivity contribution in [3.05, 3.63) is 34.5 Å². The summed E-state index contributed by atoms with van der Waals surface area (Å²) in [5.74, 6) is 0.787. The van der Waals surface area contributed by atoms with E-state index in [4.69, 9.17) is 9.84 Å². The molecule has 1 fully saturated rings. The summed E-state index contributed by atoms with van der Waals surface area (Å²) in [4.78, 5) is 16.1. The molecule has 3 aliphatic heterocycles. The van der Waals surface area contributed by atoms with Crippen LogP contribution in [0.25, 0.3) is 0 Å². The molecule has 10 heteroatoms. The normalized spacial score (nSPS) is 18.8. The molecule has 0 atom stereocenters. The van der Waals surface area contributed by atoms with Gasteiger partial charge in [0, 0.05) is 62.2 Å². The second-order valence-corrected chi connectivity index (χ2v) is 9.57. The Morgan fingerprint density at radius 2 is 2.00 bits per heavy atom. The van der Waals surface area contributed by atoms with Gasteiger partial charge in [-0.3, -0.25) is 9.48 Å². The van der Waals surface area contributed by atoms with Crippen LogP contribution in [0.15, 0.2) is 12.1 Å². The van der Waals surface area contributed by atoms with Crippen LogP contribution in [0.3, 0.4) is 0 Å². The molecule has 1 amide bonds. The van der Waals surface area contributed by atoms with Crippen LogP contribution in [0.2, 0.25) is 6.82 Å². The minimum Gasteiger partial charge on any atom is -0.446 e. The van der Waals surface area contributed by atoms with Gasteiger partial charge in [-0.1, -0.05) is 12.9 Å². The van der Waals surface area contributed by atoms with E-state index >= 15 is 0 Å². The summed E-state index contributed by atoms with van der Waals surface area (Å²) in [6.45, 7) is 5.33. The Morgan fingerprint density at radius 3 is 2.68 bits per heavy atom. The molecule has 0 aliphatic carbocycles. The standard InChI is InChI=1S/C24H31BF2N4O3/c1-15(32)29-9-5-21-19(14-29)24(28-31(21)17-6-10-34-11-7-17)30-8-3-4-16-12-20(25(2)33)18(23(26)27)13-22(16)30/h12-13,17,23,33H,3-11,14H2,1-2H3. The first-order valence-corrected chi connectivity index (χ1v) is 12.2. The van der Waals surface area contributed by atoms with Crippen molar-refractivity contribution in [3.63, 3.8) is 0 Å². The molecule has 2 aromatic rings. The first-order valence-electron chi connectivity index (χ1n) is 12.2. The molecule has 34 heavy (non-hydrogen) atoms. The van der Waals surface area contributed by atoms with E-state index in [1.807, 2.05) is 4.90 Å². The number of fused-ring (bicyclic) bond motifs is 2. The lowest BCUT2D eigenvalue weighted by molar-refractivity contribution is -0.129. The van der Waals surface area contributed by atoms with Gasteiger partial charge in [-0.05, 0) is 42.8 Å².